The lowest BCUT2D eigenvalue weighted by molar-refractivity contribution is -0.127. The van der Waals surface area contributed by atoms with Crippen LogP contribution in [0, 0.1) is 12.8 Å². The molecule has 0 spiro atoms. The Morgan fingerprint density at radius 3 is 2.65 bits per heavy atom. The number of carbonyl (C=O) groups is 2. The molecule has 1 aliphatic heterocycles. The van der Waals surface area contributed by atoms with Crippen LogP contribution in [0.15, 0.2) is 66.2 Å². The molecule has 174 valence electrons. The molecule has 2 heterocycles. The van der Waals surface area contributed by atoms with Crippen LogP contribution in [0.25, 0.3) is 11.3 Å². The standard InChI is InChI=1S/C25H23F2N5O2/c1-4-25(26,27)18-8-6-9-19(12-18)30-23(33)21-16(3)31-32(24(21)34)20-10-5-7-17(11-20)22-15(2)13-28-14-29-22/h5-14,21H,4H2,1-3H3,(H,30,33). The fourth-order valence-corrected chi connectivity index (χ4v) is 3.78. The van der Waals surface area contributed by atoms with Gasteiger partial charge in [-0.25, -0.2) is 18.7 Å². The van der Waals surface area contributed by atoms with Gasteiger partial charge in [0.1, 0.15) is 6.33 Å². The number of alkyl halides is 2. The van der Waals surface area contributed by atoms with Gasteiger partial charge in [0.05, 0.1) is 17.1 Å². The van der Waals surface area contributed by atoms with Crippen molar-refractivity contribution < 1.29 is 18.4 Å². The third kappa shape index (κ3) is 4.41. The summed E-state index contributed by atoms with van der Waals surface area (Å²) < 4.78 is 28.1. The first kappa shape index (κ1) is 23.2. The zero-order valence-electron chi connectivity index (χ0n) is 18.9. The number of halogens is 2. The van der Waals surface area contributed by atoms with Gasteiger partial charge >= 0.3 is 0 Å². The number of carbonyl (C=O) groups excluding carboxylic acids is 2. The average Bonchev–Trinajstić information content (AvgIpc) is 3.13. The minimum Gasteiger partial charge on any atom is -0.325 e. The van der Waals surface area contributed by atoms with Crippen molar-refractivity contribution in [2.45, 2.75) is 33.1 Å². The summed E-state index contributed by atoms with van der Waals surface area (Å²) in [6.07, 6.45) is 2.79. The molecule has 0 bridgehead atoms. The second kappa shape index (κ2) is 9.09. The molecule has 1 aromatic heterocycles. The molecule has 0 fully saturated rings. The fourth-order valence-electron chi connectivity index (χ4n) is 3.78. The van der Waals surface area contributed by atoms with Gasteiger partial charge in [-0.3, -0.25) is 9.59 Å². The van der Waals surface area contributed by atoms with Crippen LogP contribution in [-0.4, -0.2) is 27.5 Å². The van der Waals surface area contributed by atoms with E-state index in [2.05, 4.69) is 20.4 Å². The van der Waals surface area contributed by atoms with E-state index >= 15 is 0 Å². The molecule has 1 unspecified atom stereocenters. The van der Waals surface area contributed by atoms with Crippen LogP contribution >= 0.6 is 0 Å². The summed E-state index contributed by atoms with van der Waals surface area (Å²) in [5, 5.41) is 8.06. The lowest BCUT2D eigenvalue weighted by Gasteiger charge is -2.17. The molecule has 3 aromatic rings. The molecule has 2 aromatic carbocycles. The van der Waals surface area contributed by atoms with Crippen molar-refractivity contribution >= 4 is 28.9 Å². The van der Waals surface area contributed by atoms with Crippen LogP contribution in [-0.2, 0) is 15.5 Å². The highest BCUT2D eigenvalue weighted by Crippen LogP contribution is 2.33. The number of anilines is 2. The number of nitrogens with zero attached hydrogens (tertiary/aromatic N) is 4. The van der Waals surface area contributed by atoms with Crippen molar-refractivity contribution in [2.24, 2.45) is 11.0 Å². The molecule has 7 nitrogen and oxygen atoms in total. The Balaban J connectivity index is 1.56. The molecule has 4 rings (SSSR count). The number of nitrogens with one attached hydrogen (secondary N) is 1. The number of hydrazone groups is 1. The number of aromatic nitrogens is 2. The quantitative estimate of drug-likeness (QED) is 0.525. The molecule has 0 radical (unpaired) electrons. The Hall–Kier alpha value is -4.01. The Morgan fingerprint density at radius 2 is 1.91 bits per heavy atom. The van der Waals surface area contributed by atoms with E-state index in [1.807, 2.05) is 13.0 Å². The van der Waals surface area contributed by atoms with Gasteiger partial charge in [-0.05, 0) is 43.7 Å². The van der Waals surface area contributed by atoms with E-state index in [1.165, 1.54) is 42.5 Å². The lowest BCUT2D eigenvalue weighted by Crippen LogP contribution is -2.36. The molecular weight excluding hydrogens is 440 g/mol. The van der Waals surface area contributed by atoms with E-state index in [9.17, 15) is 18.4 Å². The summed E-state index contributed by atoms with van der Waals surface area (Å²) in [5.41, 5.74) is 3.16. The van der Waals surface area contributed by atoms with Gasteiger partial charge in [-0.1, -0.05) is 31.2 Å². The predicted octanol–water partition coefficient (Wildman–Crippen LogP) is 4.93. The molecular formula is C25H23F2N5O2. The maximum absolute atomic E-state index is 14.0. The molecule has 2 amide bonds. The summed E-state index contributed by atoms with van der Waals surface area (Å²) in [5.74, 6) is -5.33. The van der Waals surface area contributed by atoms with Crippen LogP contribution in [0.2, 0.25) is 0 Å². The van der Waals surface area contributed by atoms with Crippen molar-refractivity contribution in [1.82, 2.24) is 9.97 Å². The first-order chi connectivity index (χ1) is 16.2. The van der Waals surface area contributed by atoms with Gasteiger partial charge in [0, 0.05) is 29.4 Å². The summed E-state index contributed by atoms with van der Waals surface area (Å²) in [7, 11) is 0. The van der Waals surface area contributed by atoms with Crippen LogP contribution in [0.1, 0.15) is 31.4 Å². The number of amides is 2. The summed E-state index contributed by atoms with van der Waals surface area (Å²) in [6.45, 7) is 4.86. The van der Waals surface area contributed by atoms with Crippen molar-refractivity contribution in [1.29, 1.82) is 0 Å². The summed E-state index contributed by atoms with van der Waals surface area (Å²) in [6, 6.07) is 12.6. The summed E-state index contributed by atoms with van der Waals surface area (Å²) in [4.78, 5) is 34.4. The van der Waals surface area contributed by atoms with Gasteiger partial charge in [-0.15, -0.1) is 0 Å². The van der Waals surface area contributed by atoms with Crippen molar-refractivity contribution in [3.05, 3.63) is 72.2 Å². The number of hydrogen-bond donors (Lipinski definition) is 1. The second-order valence-electron chi connectivity index (χ2n) is 8.06. The number of aryl methyl sites for hydroxylation is 1. The van der Waals surface area contributed by atoms with E-state index < -0.39 is 23.7 Å². The molecule has 9 heteroatoms. The van der Waals surface area contributed by atoms with Gasteiger partial charge in [0.15, 0.2) is 5.92 Å². The minimum atomic E-state index is -3.01. The smallest absolute Gasteiger partial charge is 0.273 e. The van der Waals surface area contributed by atoms with Gasteiger partial charge in [0.2, 0.25) is 5.91 Å². The molecule has 0 aliphatic carbocycles. The zero-order chi connectivity index (χ0) is 24.5. The molecule has 1 atom stereocenters. The largest absolute Gasteiger partial charge is 0.325 e. The summed E-state index contributed by atoms with van der Waals surface area (Å²) >= 11 is 0. The van der Waals surface area contributed by atoms with Crippen molar-refractivity contribution in [3.63, 3.8) is 0 Å². The Bertz CT molecular complexity index is 1290. The van der Waals surface area contributed by atoms with E-state index in [1.54, 1.807) is 31.3 Å². The average molecular weight is 463 g/mol. The third-order valence-electron chi connectivity index (χ3n) is 5.65. The van der Waals surface area contributed by atoms with Crippen LogP contribution in [0.3, 0.4) is 0 Å². The van der Waals surface area contributed by atoms with Crippen molar-refractivity contribution in [2.75, 3.05) is 10.3 Å². The molecule has 34 heavy (non-hydrogen) atoms. The molecule has 1 N–H and O–H groups in total. The first-order valence-corrected chi connectivity index (χ1v) is 10.8. The van der Waals surface area contributed by atoms with Crippen LogP contribution < -0.4 is 10.3 Å². The third-order valence-corrected chi connectivity index (χ3v) is 5.65. The first-order valence-electron chi connectivity index (χ1n) is 10.8. The highest BCUT2D eigenvalue weighted by Gasteiger charge is 2.40. The van der Waals surface area contributed by atoms with Crippen LogP contribution in [0.5, 0.6) is 0 Å². The minimum absolute atomic E-state index is 0.191. The van der Waals surface area contributed by atoms with Crippen molar-refractivity contribution in [3.8, 4) is 11.3 Å². The molecule has 0 saturated heterocycles. The number of hydrogen-bond acceptors (Lipinski definition) is 5. The SMILES string of the molecule is CCC(F)(F)c1cccc(NC(=O)C2C(=O)N(c3cccc(-c4ncncc4C)c3)N=C2C)c1. The Morgan fingerprint density at radius 1 is 1.15 bits per heavy atom. The van der Waals surface area contributed by atoms with Gasteiger partial charge < -0.3 is 5.32 Å². The lowest BCUT2D eigenvalue weighted by atomic mass is 10.0. The van der Waals surface area contributed by atoms with E-state index in [-0.39, 0.29) is 17.7 Å². The maximum atomic E-state index is 14.0. The molecule has 0 saturated carbocycles. The highest BCUT2D eigenvalue weighted by atomic mass is 19.3. The molecule has 1 aliphatic rings. The Kier molecular flexibility index (Phi) is 6.19. The number of benzene rings is 2. The topological polar surface area (TPSA) is 87.5 Å². The van der Waals surface area contributed by atoms with Crippen LogP contribution in [0.4, 0.5) is 20.2 Å². The van der Waals surface area contributed by atoms with E-state index in [0.29, 0.717) is 11.4 Å². The van der Waals surface area contributed by atoms with E-state index in [0.717, 1.165) is 16.8 Å². The second-order valence-corrected chi connectivity index (χ2v) is 8.06. The van der Waals surface area contributed by atoms with Gasteiger partial charge in [-0.2, -0.15) is 10.1 Å². The normalized spacial score (nSPS) is 15.9. The fraction of sp³-hybridized carbons (Fsp3) is 0.240. The zero-order valence-corrected chi connectivity index (χ0v) is 18.9. The Labute approximate surface area is 195 Å². The predicted molar refractivity (Wildman–Crippen MR) is 126 cm³/mol. The number of rotatable bonds is 6. The van der Waals surface area contributed by atoms with Gasteiger partial charge in [0.25, 0.3) is 11.8 Å². The maximum Gasteiger partial charge on any atom is 0.273 e. The monoisotopic (exact) mass is 463 g/mol. The van der Waals surface area contributed by atoms with E-state index in [4.69, 9.17) is 0 Å². The highest BCUT2D eigenvalue weighted by molar-refractivity contribution is 6.28.